The van der Waals surface area contributed by atoms with Crippen LogP contribution in [0.15, 0.2) is 12.1 Å². The first kappa shape index (κ1) is 13.6. The zero-order valence-electron chi connectivity index (χ0n) is 11.6. The van der Waals surface area contributed by atoms with Gasteiger partial charge in [0.1, 0.15) is 0 Å². The lowest BCUT2D eigenvalue weighted by atomic mass is 9.96. The van der Waals surface area contributed by atoms with Crippen molar-refractivity contribution in [1.82, 2.24) is 0 Å². The van der Waals surface area contributed by atoms with Crippen LogP contribution in [0.25, 0.3) is 0 Å². The normalized spacial score (nSPS) is 19.9. The molecule has 3 rings (SSSR count). The Morgan fingerprint density at radius 2 is 2.05 bits per heavy atom. The Kier molecular flexibility index (Phi) is 4.08. The highest BCUT2D eigenvalue weighted by atomic mass is 19.1. The van der Waals surface area contributed by atoms with Gasteiger partial charge in [0.15, 0.2) is 5.82 Å². The molecule has 1 heterocycles. The Morgan fingerprint density at radius 3 is 2.70 bits per heavy atom. The number of nitrogens with zero attached hydrogens (tertiary/aromatic N) is 1. The Bertz CT molecular complexity index is 471. The minimum absolute atomic E-state index is 0.196. The molecule has 1 aliphatic carbocycles. The number of rotatable bonds is 4. The summed E-state index contributed by atoms with van der Waals surface area (Å²) < 4.78 is 25.3. The summed E-state index contributed by atoms with van der Waals surface area (Å²) in [5, 5.41) is 0. The van der Waals surface area contributed by atoms with E-state index < -0.39 is 0 Å². The van der Waals surface area contributed by atoms with E-state index >= 15 is 0 Å². The topological polar surface area (TPSA) is 47.7 Å². The highest BCUT2D eigenvalue weighted by Crippen LogP contribution is 2.29. The molecule has 2 N–H and O–H groups in total. The molecule has 1 aromatic carbocycles. The van der Waals surface area contributed by atoms with E-state index in [1.165, 1.54) is 6.42 Å². The first-order valence-electron chi connectivity index (χ1n) is 7.26. The highest BCUT2D eigenvalue weighted by Gasteiger charge is 2.20. The molecule has 2 fully saturated rings. The van der Waals surface area contributed by atoms with Crippen LogP contribution in [-0.4, -0.2) is 32.4 Å². The van der Waals surface area contributed by atoms with Gasteiger partial charge < -0.3 is 20.1 Å². The van der Waals surface area contributed by atoms with Gasteiger partial charge in [-0.05, 0) is 37.0 Å². The third-order valence-corrected chi connectivity index (χ3v) is 4.03. The number of halogens is 1. The summed E-state index contributed by atoms with van der Waals surface area (Å²) in [6.07, 6.45) is 3.88. The van der Waals surface area contributed by atoms with E-state index in [2.05, 4.69) is 0 Å². The van der Waals surface area contributed by atoms with Crippen LogP contribution in [0.3, 0.4) is 0 Å². The maximum Gasteiger partial charge on any atom is 0.169 e. The SMILES string of the molecule is Nc1cc(COC2CCC2)cc(N2CCOCC2)c1F. The lowest BCUT2D eigenvalue weighted by molar-refractivity contribution is -0.00865. The summed E-state index contributed by atoms with van der Waals surface area (Å²) in [7, 11) is 0. The Labute approximate surface area is 118 Å². The van der Waals surface area contributed by atoms with Crippen LogP contribution in [0.4, 0.5) is 15.8 Å². The third kappa shape index (κ3) is 2.88. The van der Waals surface area contributed by atoms with Gasteiger partial charge in [0.2, 0.25) is 0 Å². The van der Waals surface area contributed by atoms with E-state index in [-0.39, 0.29) is 11.5 Å². The number of hydrogen-bond donors (Lipinski definition) is 1. The molecule has 2 aliphatic rings. The number of nitrogens with two attached hydrogens (primary N) is 1. The van der Waals surface area contributed by atoms with E-state index in [1.54, 1.807) is 6.07 Å². The van der Waals surface area contributed by atoms with Crippen molar-refractivity contribution in [3.63, 3.8) is 0 Å². The van der Waals surface area contributed by atoms with Crippen molar-refractivity contribution < 1.29 is 13.9 Å². The average Bonchev–Trinajstić information content (AvgIpc) is 2.42. The van der Waals surface area contributed by atoms with Crippen molar-refractivity contribution in [3.8, 4) is 0 Å². The number of hydrogen-bond acceptors (Lipinski definition) is 4. The monoisotopic (exact) mass is 280 g/mol. The fourth-order valence-corrected chi connectivity index (χ4v) is 2.56. The van der Waals surface area contributed by atoms with Crippen molar-refractivity contribution in [2.45, 2.75) is 32.0 Å². The molecule has 0 aromatic heterocycles. The van der Waals surface area contributed by atoms with Gasteiger partial charge in [-0.25, -0.2) is 4.39 Å². The lowest BCUT2D eigenvalue weighted by Gasteiger charge is -2.30. The molecule has 0 spiro atoms. The molecule has 1 saturated carbocycles. The maximum atomic E-state index is 14.2. The number of nitrogen functional groups attached to an aromatic ring is 1. The van der Waals surface area contributed by atoms with Gasteiger partial charge >= 0.3 is 0 Å². The van der Waals surface area contributed by atoms with E-state index in [4.69, 9.17) is 15.2 Å². The highest BCUT2D eigenvalue weighted by molar-refractivity contribution is 5.60. The second-order valence-electron chi connectivity index (χ2n) is 5.48. The Morgan fingerprint density at radius 1 is 1.30 bits per heavy atom. The molecule has 0 amide bonds. The van der Waals surface area contributed by atoms with Crippen molar-refractivity contribution in [2.75, 3.05) is 36.9 Å². The zero-order chi connectivity index (χ0) is 13.9. The molecule has 1 aliphatic heterocycles. The fourth-order valence-electron chi connectivity index (χ4n) is 2.56. The number of anilines is 2. The van der Waals surface area contributed by atoms with Gasteiger partial charge in [0, 0.05) is 13.1 Å². The van der Waals surface area contributed by atoms with Crippen LogP contribution in [0, 0.1) is 5.82 Å². The fraction of sp³-hybridized carbons (Fsp3) is 0.600. The van der Waals surface area contributed by atoms with Crippen LogP contribution >= 0.6 is 0 Å². The number of benzene rings is 1. The summed E-state index contributed by atoms with van der Waals surface area (Å²) >= 11 is 0. The average molecular weight is 280 g/mol. The summed E-state index contributed by atoms with van der Waals surface area (Å²) in [6, 6.07) is 3.54. The molecular formula is C15H21FN2O2. The molecule has 4 nitrogen and oxygen atoms in total. The minimum Gasteiger partial charge on any atom is -0.396 e. The smallest absolute Gasteiger partial charge is 0.169 e. The van der Waals surface area contributed by atoms with Crippen LogP contribution in [-0.2, 0) is 16.1 Å². The van der Waals surface area contributed by atoms with Gasteiger partial charge in [-0.15, -0.1) is 0 Å². The molecule has 110 valence electrons. The van der Waals surface area contributed by atoms with Crippen LogP contribution < -0.4 is 10.6 Å². The molecular weight excluding hydrogens is 259 g/mol. The maximum absolute atomic E-state index is 14.2. The van der Waals surface area contributed by atoms with Gasteiger partial charge in [0.25, 0.3) is 0 Å². The second kappa shape index (κ2) is 5.97. The zero-order valence-corrected chi connectivity index (χ0v) is 11.6. The van der Waals surface area contributed by atoms with Crippen molar-refractivity contribution in [2.24, 2.45) is 0 Å². The second-order valence-corrected chi connectivity index (χ2v) is 5.48. The molecule has 5 heteroatoms. The predicted octanol–water partition coefficient (Wildman–Crippen LogP) is 2.31. The lowest BCUT2D eigenvalue weighted by Crippen LogP contribution is -2.37. The van der Waals surface area contributed by atoms with E-state index in [1.807, 2.05) is 11.0 Å². The standard InChI is InChI=1S/C15H21FN2O2/c16-15-13(17)8-11(10-20-12-2-1-3-12)9-14(15)18-4-6-19-7-5-18/h8-9,12H,1-7,10,17H2. The van der Waals surface area contributed by atoms with Crippen molar-refractivity contribution in [3.05, 3.63) is 23.5 Å². The minimum atomic E-state index is -0.334. The molecule has 0 bridgehead atoms. The molecule has 1 saturated heterocycles. The third-order valence-electron chi connectivity index (χ3n) is 4.03. The van der Waals surface area contributed by atoms with Crippen LogP contribution in [0.5, 0.6) is 0 Å². The van der Waals surface area contributed by atoms with Crippen LogP contribution in [0.1, 0.15) is 24.8 Å². The largest absolute Gasteiger partial charge is 0.396 e. The van der Waals surface area contributed by atoms with Crippen LogP contribution in [0.2, 0.25) is 0 Å². The molecule has 0 radical (unpaired) electrons. The summed E-state index contributed by atoms with van der Waals surface area (Å²) in [5.74, 6) is -0.334. The van der Waals surface area contributed by atoms with Gasteiger partial charge in [-0.1, -0.05) is 0 Å². The molecule has 20 heavy (non-hydrogen) atoms. The summed E-state index contributed by atoms with van der Waals surface area (Å²) in [5.41, 5.74) is 7.50. The van der Waals surface area contributed by atoms with Crippen molar-refractivity contribution in [1.29, 1.82) is 0 Å². The van der Waals surface area contributed by atoms with Gasteiger partial charge in [0.05, 0.1) is 37.3 Å². The number of ether oxygens (including phenoxy) is 2. The Balaban J connectivity index is 1.75. The van der Waals surface area contributed by atoms with Gasteiger partial charge in [-0.3, -0.25) is 0 Å². The van der Waals surface area contributed by atoms with E-state index in [0.29, 0.717) is 44.7 Å². The number of morpholine rings is 1. The molecule has 0 atom stereocenters. The van der Waals surface area contributed by atoms with E-state index in [0.717, 1.165) is 18.4 Å². The summed E-state index contributed by atoms with van der Waals surface area (Å²) in [6.45, 7) is 3.16. The molecule has 1 aromatic rings. The molecule has 0 unspecified atom stereocenters. The Hall–Kier alpha value is -1.33. The first-order valence-corrected chi connectivity index (χ1v) is 7.26. The van der Waals surface area contributed by atoms with Gasteiger partial charge in [-0.2, -0.15) is 0 Å². The van der Waals surface area contributed by atoms with Crippen molar-refractivity contribution >= 4 is 11.4 Å². The first-order chi connectivity index (χ1) is 9.74. The summed E-state index contributed by atoms with van der Waals surface area (Å²) in [4.78, 5) is 1.99. The predicted molar refractivity (Wildman–Crippen MR) is 76.3 cm³/mol. The quantitative estimate of drug-likeness (QED) is 0.860. The van der Waals surface area contributed by atoms with E-state index in [9.17, 15) is 4.39 Å².